The number of aromatic amines is 1. The van der Waals surface area contributed by atoms with Crippen molar-refractivity contribution in [3.63, 3.8) is 0 Å². The fourth-order valence-corrected chi connectivity index (χ4v) is 6.17. The zero-order valence-electron chi connectivity index (χ0n) is 16.2. The molecule has 6 nitrogen and oxygen atoms in total. The predicted molar refractivity (Wildman–Crippen MR) is 97.5 cm³/mol. The highest BCUT2D eigenvalue weighted by molar-refractivity contribution is 5.99. The van der Waals surface area contributed by atoms with E-state index in [0.29, 0.717) is 34.6 Å². The van der Waals surface area contributed by atoms with Gasteiger partial charge >= 0.3 is 11.9 Å². The van der Waals surface area contributed by atoms with Gasteiger partial charge < -0.3 is 14.5 Å². The number of aryl methyl sites for hydroxylation is 1. The third-order valence-corrected chi connectivity index (χ3v) is 7.00. The Labute approximate surface area is 159 Å². The van der Waals surface area contributed by atoms with Gasteiger partial charge in [-0.3, -0.25) is 4.79 Å². The average molecular weight is 373 g/mol. The van der Waals surface area contributed by atoms with Crippen LogP contribution in [0.3, 0.4) is 0 Å². The van der Waals surface area contributed by atoms with Crippen molar-refractivity contribution in [1.29, 1.82) is 0 Å². The molecule has 6 heteroatoms. The first-order valence-corrected chi connectivity index (χ1v) is 9.81. The van der Waals surface area contributed by atoms with E-state index in [2.05, 4.69) is 4.98 Å². The second kappa shape index (κ2) is 6.50. The molecule has 0 aromatic carbocycles. The fourth-order valence-electron chi connectivity index (χ4n) is 6.17. The lowest BCUT2D eigenvalue weighted by atomic mass is 9.48. The summed E-state index contributed by atoms with van der Waals surface area (Å²) < 4.78 is 10.1. The summed E-state index contributed by atoms with van der Waals surface area (Å²) in [7, 11) is 1.30. The molecule has 0 radical (unpaired) electrons. The Hall–Kier alpha value is -2.11. The topological polar surface area (TPSA) is 85.5 Å². The van der Waals surface area contributed by atoms with E-state index in [4.69, 9.17) is 9.47 Å². The van der Waals surface area contributed by atoms with Crippen LogP contribution in [0.1, 0.15) is 70.6 Å². The van der Waals surface area contributed by atoms with Gasteiger partial charge in [0.1, 0.15) is 5.69 Å². The lowest BCUT2D eigenvalue weighted by molar-refractivity contribution is -0.147. The summed E-state index contributed by atoms with van der Waals surface area (Å²) >= 11 is 0. The molecule has 0 aliphatic heterocycles. The Kier molecular flexibility index (Phi) is 4.40. The number of hydrogen-bond acceptors (Lipinski definition) is 5. The lowest BCUT2D eigenvalue weighted by Gasteiger charge is -2.55. The maximum absolute atomic E-state index is 13.0. The number of nitrogens with one attached hydrogen (secondary N) is 1. The van der Waals surface area contributed by atoms with Crippen LogP contribution >= 0.6 is 0 Å². The molecule has 5 rings (SSSR count). The van der Waals surface area contributed by atoms with E-state index in [1.807, 2.05) is 0 Å². The molecule has 1 heterocycles. The summed E-state index contributed by atoms with van der Waals surface area (Å²) in [4.78, 5) is 40.3. The molecule has 4 aliphatic carbocycles. The Bertz CT molecular complexity index is 770. The van der Waals surface area contributed by atoms with Gasteiger partial charge in [0, 0.05) is 11.1 Å². The van der Waals surface area contributed by atoms with Crippen LogP contribution in [0.5, 0.6) is 0 Å². The number of aromatic nitrogens is 1. The van der Waals surface area contributed by atoms with Crippen molar-refractivity contribution in [3.8, 4) is 0 Å². The molecule has 0 atom stereocenters. The Balaban J connectivity index is 1.44. The number of ketones is 1. The molecule has 1 aromatic heterocycles. The van der Waals surface area contributed by atoms with E-state index in [9.17, 15) is 14.4 Å². The van der Waals surface area contributed by atoms with E-state index in [-0.39, 0.29) is 23.5 Å². The van der Waals surface area contributed by atoms with E-state index >= 15 is 0 Å². The highest BCUT2D eigenvalue weighted by atomic mass is 16.5. The fraction of sp³-hybridized carbons (Fsp3) is 0.667. The van der Waals surface area contributed by atoms with Crippen LogP contribution in [0.4, 0.5) is 0 Å². The van der Waals surface area contributed by atoms with Crippen molar-refractivity contribution in [2.75, 3.05) is 13.7 Å². The SMILES string of the molecule is COC(=O)c1c(C)[nH]c(C(=O)OCC(=O)C23CC4CC(CC(C4)C2)C3)c1C. The van der Waals surface area contributed by atoms with E-state index in [1.165, 1.54) is 26.4 Å². The minimum absolute atomic E-state index is 0.0732. The molecule has 4 bridgehead atoms. The van der Waals surface area contributed by atoms with Gasteiger partial charge in [-0.05, 0) is 75.7 Å². The molecule has 0 amide bonds. The highest BCUT2D eigenvalue weighted by Crippen LogP contribution is 2.60. The number of ether oxygens (including phenoxy) is 2. The van der Waals surface area contributed by atoms with Gasteiger partial charge in [0.2, 0.25) is 0 Å². The first-order valence-electron chi connectivity index (χ1n) is 9.81. The monoisotopic (exact) mass is 373 g/mol. The number of rotatable bonds is 5. The number of H-pyrrole nitrogens is 1. The summed E-state index contributed by atoms with van der Waals surface area (Å²) in [6, 6.07) is 0. The van der Waals surface area contributed by atoms with Crippen molar-refractivity contribution in [3.05, 3.63) is 22.5 Å². The zero-order chi connectivity index (χ0) is 19.3. The minimum atomic E-state index is -0.594. The molecule has 4 aliphatic rings. The second-order valence-electron chi connectivity index (χ2n) is 8.81. The summed E-state index contributed by atoms with van der Waals surface area (Å²) in [6.45, 7) is 3.19. The number of Topliss-reactive ketones (excluding diaryl/α,β-unsaturated/α-hetero) is 1. The van der Waals surface area contributed by atoms with Crippen LogP contribution in [-0.4, -0.2) is 36.4 Å². The number of methoxy groups -OCH3 is 1. The van der Waals surface area contributed by atoms with Gasteiger partial charge in [-0.1, -0.05) is 0 Å². The number of carbonyl (C=O) groups is 3. The van der Waals surface area contributed by atoms with Crippen LogP contribution in [0.25, 0.3) is 0 Å². The van der Waals surface area contributed by atoms with E-state index in [0.717, 1.165) is 19.3 Å². The Morgan fingerprint density at radius 1 is 1.00 bits per heavy atom. The Morgan fingerprint density at radius 2 is 1.56 bits per heavy atom. The predicted octanol–water partition coefficient (Wildman–Crippen LogP) is 3.36. The molecular formula is C21H27NO5. The molecule has 0 spiro atoms. The minimum Gasteiger partial charge on any atom is -0.465 e. The normalized spacial score (nSPS) is 31.0. The van der Waals surface area contributed by atoms with Crippen molar-refractivity contribution in [2.45, 2.75) is 52.4 Å². The molecule has 0 unspecified atom stereocenters. The maximum atomic E-state index is 13.0. The van der Waals surface area contributed by atoms with Crippen LogP contribution in [0, 0.1) is 37.0 Å². The van der Waals surface area contributed by atoms with Gasteiger partial charge in [0.05, 0.1) is 12.7 Å². The third kappa shape index (κ3) is 2.99. The smallest absolute Gasteiger partial charge is 0.355 e. The molecule has 0 saturated heterocycles. The van der Waals surface area contributed by atoms with E-state index in [1.54, 1.807) is 13.8 Å². The first-order chi connectivity index (χ1) is 12.8. The van der Waals surface area contributed by atoms with Gasteiger partial charge in [0.25, 0.3) is 0 Å². The summed E-state index contributed by atoms with van der Waals surface area (Å²) in [5.41, 5.74) is 1.33. The molecule has 27 heavy (non-hydrogen) atoms. The maximum Gasteiger partial charge on any atom is 0.355 e. The average Bonchev–Trinajstić information content (AvgIpc) is 2.92. The standard InChI is InChI=1S/C21H27NO5/c1-11-17(19(24)26-3)12(2)22-18(11)20(25)27-10-16(23)21-7-13-4-14(8-21)6-15(5-13)9-21/h13-15,22H,4-10H2,1-3H3. The first kappa shape index (κ1) is 18.3. The highest BCUT2D eigenvalue weighted by Gasteiger charge is 2.54. The molecule has 4 saturated carbocycles. The van der Waals surface area contributed by atoms with Crippen molar-refractivity contribution in [2.24, 2.45) is 23.2 Å². The molecular weight excluding hydrogens is 346 g/mol. The van der Waals surface area contributed by atoms with Gasteiger partial charge in [-0.2, -0.15) is 0 Å². The summed E-state index contributed by atoms with van der Waals surface area (Å²) in [5, 5.41) is 0. The van der Waals surface area contributed by atoms with Crippen molar-refractivity contribution < 1.29 is 23.9 Å². The second-order valence-corrected chi connectivity index (χ2v) is 8.81. The van der Waals surface area contributed by atoms with Crippen LogP contribution in [0.15, 0.2) is 0 Å². The largest absolute Gasteiger partial charge is 0.465 e. The van der Waals surface area contributed by atoms with E-state index < -0.39 is 11.9 Å². The van der Waals surface area contributed by atoms with Crippen LogP contribution in [0.2, 0.25) is 0 Å². The zero-order valence-corrected chi connectivity index (χ0v) is 16.2. The quantitative estimate of drug-likeness (QED) is 0.800. The molecule has 4 fully saturated rings. The summed E-state index contributed by atoms with van der Waals surface area (Å²) in [5.74, 6) is 1.00. The molecule has 1 N–H and O–H groups in total. The molecule has 146 valence electrons. The molecule has 1 aromatic rings. The summed E-state index contributed by atoms with van der Waals surface area (Å²) in [6.07, 6.45) is 6.68. The van der Waals surface area contributed by atoms with Crippen molar-refractivity contribution in [1.82, 2.24) is 4.98 Å². The number of carbonyl (C=O) groups excluding carboxylic acids is 3. The van der Waals surface area contributed by atoms with Crippen LogP contribution < -0.4 is 0 Å². The van der Waals surface area contributed by atoms with Gasteiger partial charge in [-0.15, -0.1) is 0 Å². The van der Waals surface area contributed by atoms with Crippen LogP contribution in [-0.2, 0) is 14.3 Å². The Morgan fingerprint density at radius 3 is 2.07 bits per heavy atom. The van der Waals surface area contributed by atoms with Gasteiger partial charge in [0.15, 0.2) is 12.4 Å². The van der Waals surface area contributed by atoms with Gasteiger partial charge in [-0.25, -0.2) is 9.59 Å². The number of hydrogen-bond donors (Lipinski definition) is 1. The van der Waals surface area contributed by atoms with Crippen molar-refractivity contribution >= 4 is 17.7 Å². The third-order valence-electron chi connectivity index (χ3n) is 7.00. The lowest BCUT2D eigenvalue weighted by Crippen LogP contribution is -2.51. The number of esters is 2.